The Kier molecular flexibility index (Phi) is 5.89. The third-order valence-electron chi connectivity index (χ3n) is 3.44. The Morgan fingerprint density at radius 1 is 1.30 bits per heavy atom. The van der Waals surface area contributed by atoms with Gasteiger partial charge in [0, 0.05) is 30.1 Å². The molecule has 1 aromatic rings. The van der Waals surface area contributed by atoms with Crippen LogP contribution < -0.4 is 5.73 Å². The fourth-order valence-electron chi connectivity index (χ4n) is 2.39. The monoisotopic (exact) mass is 372 g/mol. The number of alkyl halides is 3. The molecule has 1 heterocycles. The molecule has 114 valence electrons. The Morgan fingerprint density at radius 3 is 2.45 bits per heavy atom. The first kappa shape index (κ1) is 17.8. The van der Waals surface area contributed by atoms with E-state index in [4.69, 9.17) is 5.73 Å². The summed E-state index contributed by atoms with van der Waals surface area (Å²) in [6, 6.07) is 4.14. The molecule has 0 amide bonds. The van der Waals surface area contributed by atoms with Gasteiger partial charge in [0.2, 0.25) is 0 Å². The van der Waals surface area contributed by atoms with Crippen LogP contribution in [0.15, 0.2) is 22.7 Å². The summed E-state index contributed by atoms with van der Waals surface area (Å²) in [5, 5.41) is 0. The van der Waals surface area contributed by atoms with Crippen molar-refractivity contribution >= 4 is 28.3 Å². The summed E-state index contributed by atoms with van der Waals surface area (Å²) in [6.45, 7) is 4.12. The average Bonchev–Trinajstić information content (AvgIpc) is 2.55. The summed E-state index contributed by atoms with van der Waals surface area (Å²) in [6.07, 6.45) is -4.31. The molecule has 2 N–H and O–H groups in total. The number of halogens is 5. The molecule has 7 heteroatoms. The van der Waals surface area contributed by atoms with Crippen LogP contribution >= 0.6 is 28.3 Å². The molecule has 0 radical (unpaired) electrons. The van der Waals surface area contributed by atoms with Crippen molar-refractivity contribution < 1.29 is 13.2 Å². The van der Waals surface area contributed by atoms with Gasteiger partial charge in [-0.25, -0.2) is 0 Å². The Morgan fingerprint density at radius 2 is 1.95 bits per heavy atom. The van der Waals surface area contributed by atoms with E-state index in [2.05, 4.69) is 27.8 Å². The number of nitrogens with zero attached hydrogens (tertiary/aromatic N) is 1. The van der Waals surface area contributed by atoms with E-state index < -0.39 is 11.7 Å². The molecule has 2 atom stereocenters. The summed E-state index contributed by atoms with van der Waals surface area (Å²) in [5.41, 5.74) is 5.96. The molecule has 0 bridgehead atoms. The molecule has 1 aromatic carbocycles. The van der Waals surface area contributed by atoms with Crippen LogP contribution in [-0.4, -0.2) is 24.0 Å². The standard InChI is InChI=1S/C13H16BrF3N2.ClH/c1-8-5-19(7-12(8)18)6-9-2-10(13(15,16)17)4-11(14)3-9;/h2-4,8,12H,5-7,18H2,1H3;1H. The lowest BCUT2D eigenvalue weighted by Crippen LogP contribution is -2.28. The van der Waals surface area contributed by atoms with Crippen LogP contribution in [0.1, 0.15) is 18.1 Å². The highest BCUT2D eigenvalue weighted by Gasteiger charge is 2.32. The maximum atomic E-state index is 12.7. The first-order valence-corrected chi connectivity index (χ1v) is 6.89. The van der Waals surface area contributed by atoms with Crippen molar-refractivity contribution in [2.45, 2.75) is 25.7 Å². The van der Waals surface area contributed by atoms with Crippen LogP contribution in [0.2, 0.25) is 0 Å². The normalized spacial score (nSPS) is 23.7. The highest BCUT2D eigenvalue weighted by molar-refractivity contribution is 9.10. The van der Waals surface area contributed by atoms with Gasteiger partial charge in [0.1, 0.15) is 0 Å². The van der Waals surface area contributed by atoms with Gasteiger partial charge in [-0.2, -0.15) is 13.2 Å². The molecule has 0 aliphatic carbocycles. The number of likely N-dealkylation sites (tertiary alicyclic amines) is 1. The lowest BCUT2D eigenvalue weighted by molar-refractivity contribution is -0.137. The summed E-state index contributed by atoms with van der Waals surface area (Å²) in [4.78, 5) is 2.09. The van der Waals surface area contributed by atoms with Crippen molar-refractivity contribution in [1.29, 1.82) is 0 Å². The number of benzene rings is 1. The van der Waals surface area contributed by atoms with Gasteiger partial charge in [-0.05, 0) is 29.7 Å². The molecule has 20 heavy (non-hydrogen) atoms. The highest BCUT2D eigenvalue weighted by atomic mass is 79.9. The van der Waals surface area contributed by atoms with E-state index in [9.17, 15) is 13.2 Å². The molecule has 1 saturated heterocycles. The molecular weight excluding hydrogens is 357 g/mol. The van der Waals surface area contributed by atoms with E-state index in [1.807, 2.05) is 0 Å². The van der Waals surface area contributed by atoms with Crippen molar-refractivity contribution in [3.63, 3.8) is 0 Å². The lowest BCUT2D eigenvalue weighted by Gasteiger charge is -2.17. The molecule has 2 rings (SSSR count). The second kappa shape index (κ2) is 6.64. The van der Waals surface area contributed by atoms with E-state index in [-0.39, 0.29) is 18.4 Å². The minimum Gasteiger partial charge on any atom is -0.326 e. The van der Waals surface area contributed by atoms with Crippen LogP contribution in [0.4, 0.5) is 13.2 Å². The van der Waals surface area contributed by atoms with Crippen LogP contribution in [0.25, 0.3) is 0 Å². The van der Waals surface area contributed by atoms with Gasteiger partial charge in [-0.3, -0.25) is 4.90 Å². The summed E-state index contributed by atoms with van der Waals surface area (Å²) >= 11 is 3.14. The fourth-order valence-corrected chi connectivity index (χ4v) is 2.93. The van der Waals surface area contributed by atoms with Gasteiger partial charge in [0.15, 0.2) is 0 Å². The molecular formula is C13H17BrClF3N2. The van der Waals surface area contributed by atoms with Crippen molar-refractivity contribution in [3.05, 3.63) is 33.8 Å². The summed E-state index contributed by atoms with van der Waals surface area (Å²) < 4.78 is 38.6. The number of hydrogen-bond donors (Lipinski definition) is 1. The van der Waals surface area contributed by atoms with Crippen molar-refractivity contribution in [1.82, 2.24) is 4.90 Å². The second-order valence-electron chi connectivity index (χ2n) is 5.18. The van der Waals surface area contributed by atoms with Crippen molar-refractivity contribution in [2.75, 3.05) is 13.1 Å². The summed E-state index contributed by atoms with van der Waals surface area (Å²) in [5.74, 6) is 0.384. The number of rotatable bonds is 2. The van der Waals surface area contributed by atoms with Gasteiger partial charge >= 0.3 is 6.18 Å². The number of hydrogen-bond acceptors (Lipinski definition) is 2. The smallest absolute Gasteiger partial charge is 0.326 e. The molecule has 0 aromatic heterocycles. The van der Waals surface area contributed by atoms with Crippen LogP contribution in [-0.2, 0) is 12.7 Å². The first-order chi connectivity index (χ1) is 8.75. The quantitative estimate of drug-likeness (QED) is 0.857. The highest BCUT2D eigenvalue weighted by Crippen LogP contribution is 2.32. The average molecular weight is 374 g/mol. The van der Waals surface area contributed by atoms with Gasteiger partial charge in [-0.15, -0.1) is 12.4 Å². The zero-order valence-corrected chi connectivity index (χ0v) is 13.4. The molecule has 1 aliphatic rings. The van der Waals surface area contributed by atoms with Crippen LogP contribution in [0, 0.1) is 5.92 Å². The second-order valence-corrected chi connectivity index (χ2v) is 6.10. The minimum absolute atomic E-state index is 0. The van der Waals surface area contributed by atoms with E-state index in [0.717, 1.165) is 19.2 Å². The van der Waals surface area contributed by atoms with Crippen molar-refractivity contribution in [2.24, 2.45) is 11.7 Å². The Balaban J connectivity index is 0.00000200. The van der Waals surface area contributed by atoms with Crippen molar-refractivity contribution in [3.8, 4) is 0 Å². The molecule has 0 saturated carbocycles. The molecule has 1 aliphatic heterocycles. The predicted octanol–water partition coefficient (Wildman–Crippen LogP) is 3.67. The Labute approximate surface area is 131 Å². The zero-order chi connectivity index (χ0) is 14.2. The molecule has 0 spiro atoms. The van der Waals surface area contributed by atoms with E-state index >= 15 is 0 Å². The summed E-state index contributed by atoms with van der Waals surface area (Å²) in [7, 11) is 0. The predicted molar refractivity (Wildman–Crippen MR) is 78.8 cm³/mol. The van der Waals surface area contributed by atoms with Gasteiger partial charge in [0.05, 0.1) is 5.56 Å². The zero-order valence-electron chi connectivity index (χ0n) is 11.0. The fraction of sp³-hybridized carbons (Fsp3) is 0.538. The SMILES string of the molecule is CC1CN(Cc2cc(Br)cc(C(F)(F)F)c2)CC1N.Cl. The van der Waals surface area contributed by atoms with E-state index in [1.165, 1.54) is 6.07 Å². The Bertz CT molecular complexity index is 457. The topological polar surface area (TPSA) is 29.3 Å². The lowest BCUT2D eigenvalue weighted by atomic mass is 10.1. The van der Waals surface area contributed by atoms with Crippen LogP contribution in [0.3, 0.4) is 0 Å². The van der Waals surface area contributed by atoms with E-state index in [0.29, 0.717) is 22.5 Å². The number of nitrogens with two attached hydrogens (primary N) is 1. The van der Waals surface area contributed by atoms with Gasteiger partial charge in [0.25, 0.3) is 0 Å². The first-order valence-electron chi connectivity index (χ1n) is 6.10. The Hall–Kier alpha value is -0.300. The van der Waals surface area contributed by atoms with Crippen LogP contribution in [0.5, 0.6) is 0 Å². The molecule has 2 unspecified atom stereocenters. The maximum Gasteiger partial charge on any atom is 0.416 e. The third kappa shape index (κ3) is 4.35. The molecule has 2 nitrogen and oxygen atoms in total. The maximum absolute atomic E-state index is 12.7. The van der Waals surface area contributed by atoms with Gasteiger partial charge < -0.3 is 5.73 Å². The van der Waals surface area contributed by atoms with Gasteiger partial charge in [-0.1, -0.05) is 22.9 Å². The molecule has 1 fully saturated rings. The van der Waals surface area contributed by atoms with E-state index in [1.54, 1.807) is 6.07 Å². The largest absolute Gasteiger partial charge is 0.416 e. The third-order valence-corrected chi connectivity index (χ3v) is 3.90. The minimum atomic E-state index is -4.31.